The molecule has 0 atom stereocenters. The monoisotopic (exact) mass is 240 g/mol. The Morgan fingerprint density at radius 2 is 1.59 bits per heavy atom. The highest BCUT2D eigenvalue weighted by atomic mass is 16.5. The van der Waals surface area contributed by atoms with Crippen LogP contribution in [0.25, 0.3) is 0 Å². The molecule has 5 heteroatoms. The molecule has 0 saturated carbocycles. The summed E-state index contributed by atoms with van der Waals surface area (Å²) in [4.78, 5) is 2.05. The molecule has 0 heterocycles. The molecule has 0 aromatic heterocycles. The van der Waals surface area contributed by atoms with Gasteiger partial charge in [0.1, 0.15) is 0 Å². The summed E-state index contributed by atoms with van der Waals surface area (Å²) < 4.78 is 15.9. The van der Waals surface area contributed by atoms with E-state index in [-0.39, 0.29) is 0 Å². The van der Waals surface area contributed by atoms with E-state index in [4.69, 9.17) is 14.2 Å². The molecule has 0 amide bonds. The van der Waals surface area contributed by atoms with E-state index in [9.17, 15) is 0 Å². The van der Waals surface area contributed by atoms with Gasteiger partial charge in [0.05, 0.1) is 28.0 Å². The van der Waals surface area contributed by atoms with Crippen LogP contribution in [0.1, 0.15) is 0 Å². The molecular formula is C12H20N2O3. The third kappa shape index (κ3) is 2.94. The zero-order valence-corrected chi connectivity index (χ0v) is 11.0. The molecule has 0 fully saturated rings. The molecule has 96 valence electrons. The van der Waals surface area contributed by atoms with Crippen LogP contribution in [0.3, 0.4) is 0 Å². The van der Waals surface area contributed by atoms with E-state index in [1.54, 1.807) is 21.3 Å². The van der Waals surface area contributed by atoms with Gasteiger partial charge in [-0.1, -0.05) is 0 Å². The average Bonchev–Trinajstić information content (AvgIpc) is 2.37. The molecule has 0 aliphatic heterocycles. The minimum Gasteiger partial charge on any atom is -0.493 e. The van der Waals surface area contributed by atoms with Crippen LogP contribution >= 0.6 is 0 Å². The third-order valence-corrected chi connectivity index (χ3v) is 2.49. The number of rotatable bonds is 6. The molecule has 0 unspecified atom stereocenters. The van der Waals surface area contributed by atoms with E-state index in [2.05, 4.69) is 5.32 Å². The normalized spacial score (nSPS) is 9.94. The van der Waals surface area contributed by atoms with Crippen LogP contribution in [-0.2, 0) is 0 Å². The number of nitrogens with zero attached hydrogens (tertiary/aromatic N) is 1. The maximum Gasteiger partial charge on any atom is 0.203 e. The zero-order valence-electron chi connectivity index (χ0n) is 11.0. The van der Waals surface area contributed by atoms with Crippen molar-refractivity contribution < 1.29 is 14.2 Å². The molecule has 0 spiro atoms. The Balaban J connectivity index is 3.17. The molecule has 0 aliphatic carbocycles. The second-order valence-corrected chi connectivity index (χ2v) is 3.59. The fraction of sp³-hybridized carbons (Fsp3) is 0.500. The second-order valence-electron chi connectivity index (χ2n) is 3.59. The van der Waals surface area contributed by atoms with Crippen LogP contribution in [0.4, 0.5) is 5.69 Å². The van der Waals surface area contributed by atoms with Gasteiger partial charge in [0.15, 0.2) is 11.5 Å². The van der Waals surface area contributed by atoms with Crippen molar-refractivity contribution in [2.75, 3.05) is 47.0 Å². The quantitative estimate of drug-likeness (QED) is 0.760. The maximum atomic E-state index is 5.30. The summed E-state index contributed by atoms with van der Waals surface area (Å²) in [7, 11) is 8.70. The molecule has 0 bridgehead atoms. The van der Waals surface area contributed by atoms with Gasteiger partial charge in [-0.25, -0.2) is 0 Å². The van der Waals surface area contributed by atoms with Gasteiger partial charge in [0.2, 0.25) is 5.75 Å². The average molecular weight is 240 g/mol. The van der Waals surface area contributed by atoms with Crippen LogP contribution in [0.5, 0.6) is 17.2 Å². The zero-order chi connectivity index (χ0) is 12.8. The van der Waals surface area contributed by atoms with Crippen molar-refractivity contribution in [2.45, 2.75) is 0 Å². The Bertz CT molecular complexity index is 344. The van der Waals surface area contributed by atoms with Gasteiger partial charge < -0.3 is 24.4 Å². The lowest BCUT2D eigenvalue weighted by Gasteiger charge is -2.21. The molecule has 1 aromatic rings. The molecule has 1 N–H and O–H groups in total. The minimum atomic E-state index is 0.608. The third-order valence-electron chi connectivity index (χ3n) is 2.49. The van der Waals surface area contributed by atoms with Crippen molar-refractivity contribution >= 4 is 5.69 Å². The largest absolute Gasteiger partial charge is 0.493 e. The fourth-order valence-corrected chi connectivity index (χ4v) is 1.62. The maximum absolute atomic E-state index is 5.30. The number of nitrogens with one attached hydrogen (secondary N) is 1. The van der Waals surface area contributed by atoms with E-state index in [0.29, 0.717) is 17.2 Å². The van der Waals surface area contributed by atoms with Crippen LogP contribution in [0, 0.1) is 0 Å². The van der Waals surface area contributed by atoms with Crippen molar-refractivity contribution in [1.29, 1.82) is 0 Å². The first-order valence-corrected chi connectivity index (χ1v) is 5.33. The molecular weight excluding hydrogens is 220 g/mol. The van der Waals surface area contributed by atoms with Crippen molar-refractivity contribution in [3.8, 4) is 17.2 Å². The first-order valence-electron chi connectivity index (χ1n) is 5.33. The van der Waals surface area contributed by atoms with Gasteiger partial charge in [-0.15, -0.1) is 0 Å². The molecule has 17 heavy (non-hydrogen) atoms. The van der Waals surface area contributed by atoms with Gasteiger partial charge >= 0.3 is 0 Å². The van der Waals surface area contributed by atoms with Crippen LogP contribution in [0.15, 0.2) is 12.1 Å². The second kappa shape index (κ2) is 6.20. The van der Waals surface area contributed by atoms with Crippen molar-refractivity contribution in [2.24, 2.45) is 0 Å². The fourth-order valence-electron chi connectivity index (χ4n) is 1.62. The Kier molecular flexibility index (Phi) is 4.90. The summed E-state index contributed by atoms with van der Waals surface area (Å²) in [5.74, 6) is 1.92. The van der Waals surface area contributed by atoms with Crippen LogP contribution in [0.2, 0.25) is 0 Å². The molecule has 0 radical (unpaired) electrons. The smallest absolute Gasteiger partial charge is 0.203 e. The lowest BCUT2D eigenvalue weighted by atomic mass is 10.2. The Hall–Kier alpha value is -1.62. The van der Waals surface area contributed by atoms with Gasteiger partial charge in [-0.05, 0) is 7.05 Å². The predicted molar refractivity (Wildman–Crippen MR) is 68.4 cm³/mol. The number of methoxy groups -OCH3 is 3. The van der Waals surface area contributed by atoms with Crippen molar-refractivity contribution in [3.05, 3.63) is 12.1 Å². The first-order chi connectivity index (χ1) is 8.17. The van der Waals surface area contributed by atoms with E-state index in [1.807, 2.05) is 31.1 Å². The highest BCUT2D eigenvalue weighted by Crippen LogP contribution is 2.40. The number of ether oxygens (including phenoxy) is 3. The number of anilines is 1. The lowest BCUT2D eigenvalue weighted by molar-refractivity contribution is 0.324. The van der Waals surface area contributed by atoms with Gasteiger partial charge in [0.25, 0.3) is 0 Å². The van der Waals surface area contributed by atoms with E-state index >= 15 is 0 Å². The topological polar surface area (TPSA) is 43.0 Å². The lowest BCUT2D eigenvalue weighted by Crippen LogP contribution is -2.28. The Labute approximate surface area is 102 Å². The molecule has 0 saturated heterocycles. The highest BCUT2D eigenvalue weighted by Gasteiger charge is 2.14. The molecule has 0 aliphatic rings. The van der Waals surface area contributed by atoms with Crippen molar-refractivity contribution in [3.63, 3.8) is 0 Å². The standard InChI is InChI=1S/C12H20N2O3/c1-13-8-14(2)9-6-10(15-3)12(17-5)11(7-9)16-4/h6-7,13H,8H2,1-5H3. The van der Waals surface area contributed by atoms with E-state index in [1.165, 1.54) is 0 Å². The predicted octanol–water partition coefficient (Wildman–Crippen LogP) is 1.33. The number of hydrogen-bond donors (Lipinski definition) is 1. The summed E-state index contributed by atoms with van der Waals surface area (Å²) in [6, 6.07) is 3.83. The van der Waals surface area contributed by atoms with Gasteiger partial charge in [-0.2, -0.15) is 0 Å². The molecule has 1 aromatic carbocycles. The summed E-state index contributed by atoms with van der Waals surface area (Å²) >= 11 is 0. The van der Waals surface area contributed by atoms with Gasteiger partial charge in [0, 0.05) is 24.9 Å². The molecule has 5 nitrogen and oxygen atoms in total. The van der Waals surface area contributed by atoms with Crippen molar-refractivity contribution in [1.82, 2.24) is 5.32 Å². The van der Waals surface area contributed by atoms with Crippen LogP contribution in [-0.4, -0.2) is 42.1 Å². The molecule has 1 rings (SSSR count). The number of benzene rings is 1. The highest BCUT2D eigenvalue weighted by molar-refractivity contribution is 5.63. The van der Waals surface area contributed by atoms with E-state index in [0.717, 1.165) is 12.4 Å². The van der Waals surface area contributed by atoms with Gasteiger partial charge in [-0.3, -0.25) is 0 Å². The summed E-state index contributed by atoms with van der Waals surface area (Å²) in [6.45, 7) is 0.735. The summed E-state index contributed by atoms with van der Waals surface area (Å²) in [6.07, 6.45) is 0. The summed E-state index contributed by atoms with van der Waals surface area (Å²) in [5, 5.41) is 3.08. The van der Waals surface area contributed by atoms with E-state index < -0.39 is 0 Å². The SMILES string of the molecule is CNCN(C)c1cc(OC)c(OC)c(OC)c1. The minimum absolute atomic E-state index is 0.608. The summed E-state index contributed by atoms with van der Waals surface area (Å²) in [5.41, 5.74) is 0.994. The Morgan fingerprint density at radius 3 is 1.94 bits per heavy atom. The Morgan fingerprint density at radius 1 is 1.06 bits per heavy atom. The first kappa shape index (κ1) is 13.4. The number of hydrogen-bond acceptors (Lipinski definition) is 5. The van der Waals surface area contributed by atoms with Crippen LogP contribution < -0.4 is 24.4 Å².